The summed E-state index contributed by atoms with van der Waals surface area (Å²) >= 11 is 0. The summed E-state index contributed by atoms with van der Waals surface area (Å²) in [7, 11) is -0.0241. The smallest absolute Gasteiger partial charge is 0.0543 e. The summed E-state index contributed by atoms with van der Waals surface area (Å²) in [4.78, 5) is 0. The lowest BCUT2D eigenvalue weighted by atomic mass is 10.2. The molecule has 0 radical (unpaired) electrons. The van der Waals surface area contributed by atoms with E-state index >= 15 is 0 Å². The van der Waals surface area contributed by atoms with Crippen molar-refractivity contribution in [2.75, 3.05) is 7.05 Å². The molecule has 0 fully saturated rings. The van der Waals surface area contributed by atoms with E-state index in [9.17, 15) is 0 Å². The molecule has 21 heavy (non-hydrogen) atoms. The Kier molecular flexibility index (Phi) is 3.77. The van der Waals surface area contributed by atoms with Gasteiger partial charge < -0.3 is 0 Å². The maximum Gasteiger partial charge on any atom is 0.0543 e. The summed E-state index contributed by atoms with van der Waals surface area (Å²) in [6, 6.07) is 19.3. The van der Waals surface area contributed by atoms with Gasteiger partial charge in [0.25, 0.3) is 0 Å². The van der Waals surface area contributed by atoms with Crippen molar-refractivity contribution in [2.24, 2.45) is 4.74 Å². The molecule has 3 rings (SSSR count). The van der Waals surface area contributed by atoms with Crippen molar-refractivity contribution in [3.8, 4) is 0 Å². The molecule has 0 amide bonds. The molecular formula is C19H18NP. The average Bonchev–Trinajstić information content (AvgIpc) is 2.55. The van der Waals surface area contributed by atoms with Gasteiger partial charge in [-0.05, 0) is 16.9 Å². The standard InChI is InChI=1S/C19H18NP/c1-3-17-13-7-9-16-10-8-14-19(15-16)21(17,20-2)18-11-5-4-6-12-18/h3-15H,1H2,2H3/b9-7-,17-13+/t21-/m0/s1. The molecule has 1 nitrogen and oxygen atoms in total. The maximum atomic E-state index is 4.91. The zero-order valence-corrected chi connectivity index (χ0v) is 13.0. The van der Waals surface area contributed by atoms with E-state index < -0.39 is 7.05 Å². The monoisotopic (exact) mass is 291 g/mol. The summed E-state index contributed by atoms with van der Waals surface area (Å²) in [5.41, 5.74) is 1.22. The van der Waals surface area contributed by atoms with Gasteiger partial charge in [-0.1, -0.05) is 79.4 Å². The molecule has 2 aromatic carbocycles. The maximum absolute atomic E-state index is 4.91. The fourth-order valence-corrected chi connectivity index (χ4v) is 6.23. The fourth-order valence-electron chi connectivity index (χ4n) is 2.83. The minimum Gasteiger partial charge on any atom is -0.293 e. The van der Waals surface area contributed by atoms with Gasteiger partial charge in [-0.3, -0.25) is 4.74 Å². The van der Waals surface area contributed by atoms with Gasteiger partial charge in [-0.2, -0.15) is 0 Å². The van der Waals surface area contributed by atoms with Gasteiger partial charge >= 0.3 is 0 Å². The molecule has 1 heterocycles. The van der Waals surface area contributed by atoms with E-state index in [2.05, 4.69) is 73.3 Å². The van der Waals surface area contributed by atoms with E-state index in [1.807, 2.05) is 19.2 Å². The third-order valence-electron chi connectivity index (χ3n) is 3.81. The molecule has 0 spiro atoms. The van der Waals surface area contributed by atoms with Crippen LogP contribution in [-0.2, 0) is 0 Å². The van der Waals surface area contributed by atoms with Crippen LogP contribution in [0.2, 0.25) is 0 Å². The second-order valence-corrected chi connectivity index (χ2v) is 8.14. The molecule has 2 bridgehead atoms. The van der Waals surface area contributed by atoms with Crippen LogP contribution in [0, 0.1) is 0 Å². The minimum absolute atomic E-state index is 1.20. The van der Waals surface area contributed by atoms with E-state index in [4.69, 9.17) is 4.74 Å². The second kappa shape index (κ2) is 5.71. The lowest BCUT2D eigenvalue weighted by Crippen LogP contribution is -2.18. The van der Waals surface area contributed by atoms with Gasteiger partial charge in [-0.25, -0.2) is 0 Å². The molecule has 2 aromatic rings. The lowest BCUT2D eigenvalue weighted by molar-refractivity contribution is 1.48. The Morgan fingerprint density at radius 2 is 1.76 bits per heavy atom. The molecule has 0 N–H and O–H groups in total. The first-order chi connectivity index (χ1) is 10.3. The number of benzene rings is 2. The molecule has 1 atom stereocenters. The van der Waals surface area contributed by atoms with Crippen molar-refractivity contribution in [3.63, 3.8) is 0 Å². The van der Waals surface area contributed by atoms with Crippen LogP contribution in [0.1, 0.15) is 5.56 Å². The van der Waals surface area contributed by atoms with Gasteiger partial charge in [0, 0.05) is 17.7 Å². The van der Waals surface area contributed by atoms with Crippen LogP contribution in [0.3, 0.4) is 0 Å². The van der Waals surface area contributed by atoms with E-state index in [1.165, 1.54) is 21.5 Å². The number of rotatable bonds is 2. The van der Waals surface area contributed by atoms with Crippen LogP contribution < -0.4 is 10.6 Å². The molecular weight excluding hydrogens is 273 g/mol. The number of hydrogen-bond acceptors (Lipinski definition) is 1. The Morgan fingerprint density at radius 3 is 2.48 bits per heavy atom. The Labute approximate surface area is 126 Å². The van der Waals surface area contributed by atoms with Gasteiger partial charge in [0.1, 0.15) is 0 Å². The Balaban J connectivity index is 2.42. The highest BCUT2D eigenvalue weighted by Gasteiger charge is 2.27. The predicted molar refractivity (Wildman–Crippen MR) is 94.7 cm³/mol. The van der Waals surface area contributed by atoms with Crippen LogP contribution in [0.15, 0.2) is 89.5 Å². The van der Waals surface area contributed by atoms with Crippen LogP contribution in [0.25, 0.3) is 6.08 Å². The van der Waals surface area contributed by atoms with E-state index in [0.717, 1.165) is 0 Å². The number of allylic oxidation sites excluding steroid dienone is 4. The summed E-state index contributed by atoms with van der Waals surface area (Å²) in [6.07, 6.45) is 8.33. The van der Waals surface area contributed by atoms with Crippen molar-refractivity contribution in [3.05, 3.63) is 90.3 Å². The van der Waals surface area contributed by atoms with Crippen LogP contribution >= 0.6 is 7.05 Å². The highest BCUT2D eigenvalue weighted by Crippen LogP contribution is 2.55. The van der Waals surface area contributed by atoms with Crippen LogP contribution in [0.4, 0.5) is 0 Å². The summed E-state index contributed by atoms with van der Waals surface area (Å²) in [5, 5.41) is 3.75. The third kappa shape index (κ3) is 2.24. The predicted octanol–water partition coefficient (Wildman–Crippen LogP) is 4.57. The van der Waals surface area contributed by atoms with E-state index in [0.29, 0.717) is 0 Å². The molecule has 0 saturated carbocycles. The highest BCUT2D eigenvalue weighted by molar-refractivity contribution is 7.84. The first-order valence-electron chi connectivity index (χ1n) is 6.99. The second-order valence-electron chi connectivity index (χ2n) is 4.92. The summed E-state index contributed by atoms with van der Waals surface area (Å²) in [5.74, 6) is 0. The quantitative estimate of drug-likeness (QED) is 0.719. The molecule has 1 aliphatic heterocycles. The Hall–Kier alpha value is -2.11. The van der Waals surface area contributed by atoms with Gasteiger partial charge in [0.15, 0.2) is 0 Å². The summed E-state index contributed by atoms with van der Waals surface area (Å²) in [6.45, 7) is 4.03. The van der Waals surface area contributed by atoms with Crippen LogP contribution in [-0.4, -0.2) is 7.05 Å². The van der Waals surface area contributed by atoms with Crippen molar-refractivity contribution in [1.82, 2.24) is 0 Å². The topological polar surface area (TPSA) is 12.4 Å². The van der Waals surface area contributed by atoms with E-state index in [-0.39, 0.29) is 0 Å². The normalized spacial score (nSPS) is 24.1. The van der Waals surface area contributed by atoms with Crippen molar-refractivity contribution in [1.29, 1.82) is 0 Å². The van der Waals surface area contributed by atoms with Crippen molar-refractivity contribution < 1.29 is 0 Å². The minimum atomic E-state index is -1.95. The average molecular weight is 291 g/mol. The third-order valence-corrected chi connectivity index (χ3v) is 7.56. The number of fused-ring (bicyclic) bond motifs is 2. The number of nitrogens with zero attached hydrogens (tertiary/aromatic N) is 1. The Morgan fingerprint density at radius 1 is 1.00 bits per heavy atom. The SMILES string of the molecule is C=C/C1=C\C=C/c2cccc(c2)[P@@]1(=NC)c1ccccc1. The molecule has 0 aromatic heterocycles. The zero-order chi connectivity index (χ0) is 14.7. The molecule has 0 aliphatic carbocycles. The van der Waals surface area contributed by atoms with Gasteiger partial charge in [0.05, 0.1) is 7.05 Å². The lowest BCUT2D eigenvalue weighted by Gasteiger charge is -2.28. The molecule has 0 unspecified atom stereocenters. The molecule has 0 saturated heterocycles. The highest BCUT2D eigenvalue weighted by atomic mass is 31.2. The number of hydrogen-bond donors (Lipinski definition) is 0. The van der Waals surface area contributed by atoms with Crippen LogP contribution in [0.5, 0.6) is 0 Å². The summed E-state index contributed by atoms with van der Waals surface area (Å²) < 4.78 is 4.91. The largest absolute Gasteiger partial charge is 0.293 e. The first kappa shape index (κ1) is 13.9. The van der Waals surface area contributed by atoms with Gasteiger partial charge in [0.2, 0.25) is 0 Å². The molecule has 104 valence electrons. The van der Waals surface area contributed by atoms with Crippen molar-refractivity contribution >= 4 is 23.7 Å². The van der Waals surface area contributed by atoms with Crippen molar-refractivity contribution in [2.45, 2.75) is 0 Å². The van der Waals surface area contributed by atoms with E-state index in [1.54, 1.807) is 0 Å². The molecule has 2 heteroatoms. The molecule has 1 aliphatic rings. The Bertz CT molecular complexity index is 782. The fraction of sp³-hybridized carbons (Fsp3) is 0.0526. The first-order valence-corrected chi connectivity index (χ1v) is 8.73. The van der Waals surface area contributed by atoms with Gasteiger partial charge in [-0.15, -0.1) is 0 Å². The zero-order valence-electron chi connectivity index (χ0n) is 12.1.